The molecule has 0 fully saturated rings. The molecule has 66 heavy (non-hydrogen) atoms. The number of fused-ring (bicyclic) bond motifs is 11. The van der Waals surface area contributed by atoms with Gasteiger partial charge in [0.1, 0.15) is 0 Å². The van der Waals surface area contributed by atoms with E-state index in [1.165, 1.54) is 58.1 Å². The van der Waals surface area contributed by atoms with Crippen molar-refractivity contribution in [3.63, 3.8) is 0 Å². The maximum Gasteiger partial charge on any atom is 0.165 e. The zero-order valence-corrected chi connectivity index (χ0v) is 36.3. The van der Waals surface area contributed by atoms with Gasteiger partial charge in [-0.3, -0.25) is 0 Å². The van der Waals surface area contributed by atoms with Gasteiger partial charge >= 0.3 is 0 Å². The first-order valence-electron chi connectivity index (χ1n) is 22.3. The van der Waals surface area contributed by atoms with E-state index in [1.54, 1.807) is 0 Å². The molecule has 0 saturated carbocycles. The molecule has 3 heterocycles. The molecule has 11 aromatic carbocycles. The third-order valence-electron chi connectivity index (χ3n) is 13.4. The summed E-state index contributed by atoms with van der Waals surface area (Å²) in [6, 6.07) is 78.7. The Hall–Kier alpha value is -8.51. The molecule has 14 aromatic rings. The van der Waals surface area contributed by atoms with Crippen LogP contribution in [0.25, 0.3) is 136 Å². The van der Waals surface area contributed by atoms with Crippen molar-refractivity contribution < 1.29 is 0 Å². The van der Waals surface area contributed by atoms with Crippen molar-refractivity contribution in [3.05, 3.63) is 218 Å². The fourth-order valence-electron chi connectivity index (χ4n) is 10.4. The largest absolute Gasteiger partial charge is 0.309 e. The van der Waals surface area contributed by atoms with E-state index in [0.29, 0.717) is 17.5 Å². The molecule has 3 aromatic heterocycles. The summed E-state index contributed by atoms with van der Waals surface area (Å²) < 4.78 is 5.02. The van der Waals surface area contributed by atoms with E-state index in [4.69, 9.17) is 15.0 Å². The average molecular weight is 857 g/mol. The van der Waals surface area contributed by atoms with Crippen LogP contribution >= 0.6 is 11.3 Å². The van der Waals surface area contributed by atoms with Crippen LogP contribution in [0.3, 0.4) is 0 Å². The van der Waals surface area contributed by atoms with E-state index in [9.17, 15) is 0 Å². The molecule has 5 heteroatoms. The molecule has 0 saturated heterocycles. The number of hydrogen-bond acceptors (Lipinski definition) is 4. The summed E-state index contributed by atoms with van der Waals surface area (Å²) in [6.07, 6.45) is 0. The Kier molecular flexibility index (Phi) is 8.12. The van der Waals surface area contributed by atoms with Crippen LogP contribution in [0.5, 0.6) is 0 Å². The van der Waals surface area contributed by atoms with E-state index in [0.717, 1.165) is 60.5 Å². The molecule has 4 nitrogen and oxygen atoms in total. The molecule has 0 aliphatic rings. The summed E-state index contributed by atoms with van der Waals surface area (Å²) in [6.45, 7) is 0. The highest BCUT2D eigenvalue weighted by Crippen LogP contribution is 2.48. The van der Waals surface area contributed by atoms with Gasteiger partial charge in [0.15, 0.2) is 17.5 Å². The van der Waals surface area contributed by atoms with Crippen LogP contribution in [0, 0.1) is 0 Å². The molecule has 0 radical (unpaired) electrons. The molecule has 0 bridgehead atoms. The van der Waals surface area contributed by atoms with Crippen LogP contribution in [0.15, 0.2) is 218 Å². The van der Waals surface area contributed by atoms with Crippen molar-refractivity contribution in [2.75, 3.05) is 0 Å². The third kappa shape index (κ3) is 5.67. The van der Waals surface area contributed by atoms with Gasteiger partial charge in [0, 0.05) is 53.2 Å². The number of nitrogens with zero attached hydrogens (tertiary/aromatic N) is 4. The van der Waals surface area contributed by atoms with Gasteiger partial charge in [0.05, 0.1) is 16.7 Å². The van der Waals surface area contributed by atoms with E-state index < -0.39 is 0 Å². The average Bonchev–Trinajstić information content (AvgIpc) is 3.93. The topological polar surface area (TPSA) is 43.6 Å². The first kappa shape index (κ1) is 36.9. The highest BCUT2D eigenvalue weighted by molar-refractivity contribution is 7.26. The molecule has 14 rings (SSSR count). The highest BCUT2D eigenvalue weighted by atomic mass is 32.1. The Morgan fingerprint density at radius 2 is 0.894 bits per heavy atom. The SMILES string of the molecule is c1ccc(-c2nc(-c3ccc(-n4c5ccccc5c5cc6ccccc6cc54)c(-c4cc5ccccc5c5sc6ccccc6c45)c3)nc(-c3c4ccccc4cc4ccccc34)n2)cc1. The monoisotopic (exact) mass is 856 g/mol. The molecule has 0 aliphatic heterocycles. The minimum absolute atomic E-state index is 0.615. The van der Waals surface area contributed by atoms with Gasteiger partial charge in [-0.2, -0.15) is 0 Å². The lowest BCUT2D eigenvalue weighted by Gasteiger charge is -2.18. The molecule has 0 unspecified atom stereocenters. The van der Waals surface area contributed by atoms with Crippen LogP contribution in [0.1, 0.15) is 0 Å². The van der Waals surface area contributed by atoms with Crippen LogP contribution in [0.4, 0.5) is 0 Å². The molecular weight excluding hydrogens is 821 g/mol. The predicted molar refractivity (Wildman–Crippen MR) is 279 cm³/mol. The maximum atomic E-state index is 5.49. The van der Waals surface area contributed by atoms with Crippen molar-refractivity contribution in [1.29, 1.82) is 0 Å². The van der Waals surface area contributed by atoms with Crippen molar-refractivity contribution in [2.24, 2.45) is 0 Å². The number of para-hydroxylation sites is 1. The molecule has 0 spiro atoms. The molecule has 306 valence electrons. The summed E-state index contributed by atoms with van der Waals surface area (Å²) >= 11 is 1.87. The Balaban J connectivity index is 1.11. The van der Waals surface area contributed by atoms with Crippen molar-refractivity contribution in [3.8, 4) is 51.0 Å². The molecule has 0 aliphatic carbocycles. The standard InChI is InChI=1S/C61H36N4S/c1-2-16-37(17-3-1)59-62-60(64-61(63-59)57-44-23-9-6-20-40(44)32-41-21-7-10-24-45(41)57)43-30-31-53(65-52-28-14-12-26-47(52)49-33-38-18-4-5-19-39(38)36-54(49)65)50(35-43)51-34-42-22-8-11-25-46(42)58-56(51)48-27-13-15-29-55(48)66-58/h1-36H. The summed E-state index contributed by atoms with van der Waals surface area (Å²) in [5.74, 6) is 1.89. The number of thiophene rings is 1. The first-order valence-corrected chi connectivity index (χ1v) is 23.2. The minimum atomic E-state index is 0.615. The summed E-state index contributed by atoms with van der Waals surface area (Å²) in [5, 5.41) is 14.3. The normalized spacial score (nSPS) is 11.9. The number of hydrogen-bond donors (Lipinski definition) is 0. The van der Waals surface area contributed by atoms with Gasteiger partial charge < -0.3 is 4.57 Å². The molecule has 0 N–H and O–H groups in total. The molecule has 0 amide bonds. The first-order chi connectivity index (χ1) is 32.7. The zero-order chi connectivity index (χ0) is 43.3. The Bertz CT molecular complexity index is 4240. The second kappa shape index (κ2) is 14.5. The lowest BCUT2D eigenvalue weighted by molar-refractivity contribution is 1.08. The third-order valence-corrected chi connectivity index (χ3v) is 14.6. The Morgan fingerprint density at radius 1 is 0.333 bits per heavy atom. The van der Waals surface area contributed by atoms with E-state index >= 15 is 0 Å². The van der Waals surface area contributed by atoms with Gasteiger partial charge in [0.2, 0.25) is 0 Å². The predicted octanol–water partition coefficient (Wildman–Crippen LogP) is 16.6. The maximum absolute atomic E-state index is 5.49. The van der Waals surface area contributed by atoms with E-state index in [2.05, 4.69) is 205 Å². The lowest BCUT2D eigenvalue weighted by Crippen LogP contribution is -2.02. The summed E-state index contributed by atoms with van der Waals surface area (Å²) in [5.41, 5.74) is 8.51. The fraction of sp³-hybridized carbons (Fsp3) is 0. The lowest BCUT2D eigenvalue weighted by atomic mass is 9.93. The Labute approximate surface area is 383 Å². The summed E-state index contributed by atoms with van der Waals surface area (Å²) in [7, 11) is 0. The van der Waals surface area contributed by atoms with Gasteiger partial charge in [-0.05, 0) is 103 Å². The Morgan fingerprint density at radius 3 is 1.64 bits per heavy atom. The van der Waals surface area contributed by atoms with Crippen LogP contribution in [-0.2, 0) is 0 Å². The minimum Gasteiger partial charge on any atom is -0.309 e. The van der Waals surface area contributed by atoms with Gasteiger partial charge in [-0.1, -0.05) is 164 Å². The van der Waals surface area contributed by atoms with E-state index in [1.807, 2.05) is 29.5 Å². The smallest absolute Gasteiger partial charge is 0.165 e. The van der Waals surface area contributed by atoms with Crippen molar-refractivity contribution in [2.45, 2.75) is 0 Å². The second-order valence-electron chi connectivity index (χ2n) is 17.1. The second-order valence-corrected chi connectivity index (χ2v) is 18.2. The van der Waals surface area contributed by atoms with Gasteiger partial charge in [-0.25, -0.2) is 15.0 Å². The van der Waals surface area contributed by atoms with Crippen LogP contribution in [-0.4, -0.2) is 19.5 Å². The summed E-state index contributed by atoms with van der Waals surface area (Å²) in [4.78, 5) is 16.1. The molecule has 0 atom stereocenters. The zero-order valence-electron chi connectivity index (χ0n) is 35.5. The quantitative estimate of drug-likeness (QED) is 0.162. The van der Waals surface area contributed by atoms with Crippen molar-refractivity contribution >= 4 is 96.4 Å². The fourth-order valence-corrected chi connectivity index (χ4v) is 11.6. The number of benzene rings is 11. The van der Waals surface area contributed by atoms with Crippen LogP contribution in [0.2, 0.25) is 0 Å². The van der Waals surface area contributed by atoms with Gasteiger partial charge in [0.25, 0.3) is 0 Å². The van der Waals surface area contributed by atoms with Crippen LogP contribution < -0.4 is 0 Å². The van der Waals surface area contributed by atoms with Gasteiger partial charge in [-0.15, -0.1) is 11.3 Å². The number of rotatable bonds is 5. The molecular formula is C61H36N4S. The van der Waals surface area contributed by atoms with Crippen molar-refractivity contribution in [1.82, 2.24) is 19.5 Å². The number of aromatic nitrogens is 4. The highest BCUT2D eigenvalue weighted by Gasteiger charge is 2.23. The van der Waals surface area contributed by atoms with E-state index in [-0.39, 0.29) is 0 Å².